The van der Waals surface area contributed by atoms with Crippen LogP contribution in [0.5, 0.6) is 0 Å². The smallest absolute Gasteiger partial charge is 0.321 e. The number of ether oxygens (including phenoxy) is 1. The average molecular weight is 323 g/mol. The quantitative estimate of drug-likeness (QED) is 0.669. The molecule has 3 rings (SSSR count). The van der Waals surface area contributed by atoms with Crippen LogP contribution in [-0.2, 0) is 26.5 Å². The highest BCUT2D eigenvalue weighted by molar-refractivity contribution is 5.95. The lowest BCUT2D eigenvalue weighted by Gasteiger charge is -2.28. The lowest BCUT2D eigenvalue weighted by molar-refractivity contribution is -0.157. The summed E-state index contributed by atoms with van der Waals surface area (Å²) >= 11 is 0. The lowest BCUT2D eigenvalue weighted by atomic mass is 9.86. The molecule has 2 heterocycles. The molecule has 120 valence electrons. The van der Waals surface area contributed by atoms with Gasteiger partial charge in [-0.1, -0.05) is 0 Å². The number of carboxylic acid groups (broad SMARTS) is 1. The van der Waals surface area contributed by atoms with Gasteiger partial charge in [0, 0.05) is 18.1 Å². The molecule has 1 N–H and O–H groups in total. The van der Waals surface area contributed by atoms with Gasteiger partial charge in [0.2, 0.25) is 0 Å². The summed E-state index contributed by atoms with van der Waals surface area (Å²) in [7, 11) is 0. The second-order valence-electron chi connectivity index (χ2n) is 5.23. The van der Waals surface area contributed by atoms with Gasteiger partial charge in [-0.05, 0) is 12.1 Å². The Morgan fingerprint density at radius 1 is 1.48 bits per heavy atom. The van der Waals surface area contributed by atoms with Gasteiger partial charge in [-0.15, -0.1) is 0 Å². The van der Waals surface area contributed by atoms with Crippen LogP contribution in [0.2, 0.25) is 0 Å². The largest absolute Gasteiger partial charge is 0.481 e. The van der Waals surface area contributed by atoms with Gasteiger partial charge in [0.15, 0.2) is 11.5 Å². The molecule has 1 aliphatic rings. The monoisotopic (exact) mass is 323 g/mol. The third-order valence-electron chi connectivity index (χ3n) is 3.72. The minimum absolute atomic E-state index is 0.105. The summed E-state index contributed by atoms with van der Waals surface area (Å²) in [5.41, 5.74) is -1.70. The molecule has 1 fully saturated rings. The van der Waals surface area contributed by atoms with Gasteiger partial charge >= 0.3 is 11.9 Å². The zero-order valence-electron chi connectivity index (χ0n) is 11.6. The number of benzene rings is 1. The van der Waals surface area contributed by atoms with Crippen molar-refractivity contribution in [2.24, 2.45) is 5.92 Å². The maximum absolute atomic E-state index is 14.2. The van der Waals surface area contributed by atoms with Crippen molar-refractivity contribution in [3.63, 3.8) is 0 Å². The minimum Gasteiger partial charge on any atom is -0.481 e. The van der Waals surface area contributed by atoms with E-state index in [1.165, 1.54) is 17.3 Å². The van der Waals surface area contributed by atoms with Crippen molar-refractivity contribution in [1.29, 1.82) is 0 Å². The zero-order valence-corrected chi connectivity index (χ0v) is 11.6. The number of aromatic nitrogens is 3. The maximum atomic E-state index is 14.2. The average Bonchev–Trinajstić information content (AvgIpc) is 3.07. The van der Waals surface area contributed by atoms with Crippen molar-refractivity contribution < 1.29 is 28.2 Å². The second kappa shape index (κ2) is 5.41. The Kier molecular flexibility index (Phi) is 3.55. The van der Waals surface area contributed by atoms with Crippen LogP contribution in [0.25, 0.3) is 0 Å². The Morgan fingerprint density at radius 2 is 2.26 bits per heavy atom. The molecule has 2 atom stereocenters. The van der Waals surface area contributed by atoms with Crippen LogP contribution in [-0.4, -0.2) is 31.8 Å². The molecule has 1 aliphatic heterocycles. The molecule has 2 aromatic rings. The molecule has 9 heteroatoms. The first-order chi connectivity index (χ1) is 10.9. The van der Waals surface area contributed by atoms with E-state index in [0.717, 1.165) is 12.1 Å². The number of carbonyl (C=O) groups excluding carboxylic acids is 1. The van der Waals surface area contributed by atoms with E-state index in [4.69, 9.17) is 9.84 Å². The standard InChI is InChI=1S/C14H11F2N3O4/c15-8-1-2-10(11(16)3-8)14(5-19-7-17-6-18-19)4-9(12(20)21)13(22)23-14/h1-3,6-7,9H,4-5H2,(H,20,21)/t9?,14-/m0/s1. The van der Waals surface area contributed by atoms with E-state index in [0.29, 0.717) is 6.07 Å². The molecule has 0 radical (unpaired) electrons. The zero-order chi connectivity index (χ0) is 16.6. The fraction of sp³-hybridized carbons (Fsp3) is 0.286. The van der Waals surface area contributed by atoms with Crippen LogP contribution in [0.15, 0.2) is 30.9 Å². The molecule has 0 bridgehead atoms. The molecule has 1 saturated heterocycles. The Labute approximate surface area is 128 Å². The number of halogens is 2. The van der Waals surface area contributed by atoms with Gasteiger partial charge in [-0.25, -0.2) is 18.4 Å². The molecule has 0 amide bonds. The van der Waals surface area contributed by atoms with E-state index in [2.05, 4.69) is 10.1 Å². The van der Waals surface area contributed by atoms with E-state index in [1.807, 2.05) is 0 Å². The number of carbonyl (C=O) groups is 2. The van der Waals surface area contributed by atoms with Crippen molar-refractivity contribution in [2.75, 3.05) is 0 Å². The van der Waals surface area contributed by atoms with Crippen LogP contribution < -0.4 is 0 Å². The molecule has 0 saturated carbocycles. The van der Waals surface area contributed by atoms with E-state index in [1.54, 1.807) is 0 Å². The van der Waals surface area contributed by atoms with E-state index in [-0.39, 0.29) is 18.5 Å². The SMILES string of the molecule is O=C(O)C1C[C@](Cn2cncn2)(c2ccc(F)cc2F)OC1=O. The first kappa shape index (κ1) is 15.1. The second-order valence-corrected chi connectivity index (χ2v) is 5.23. The molecule has 1 unspecified atom stereocenters. The van der Waals surface area contributed by atoms with Gasteiger partial charge in [0.25, 0.3) is 0 Å². The van der Waals surface area contributed by atoms with Crippen molar-refractivity contribution in [3.05, 3.63) is 48.1 Å². The molecule has 23 heavy (non-hydrogen) atoms. The third kappa shape index (κ3) is 2.65. The van der Waals surface area contributed by atoms with Gasteiger partial charge < -0.3 is 9.84 Å². The Bertz CT molecular complexity index is 765. The molecule has 1 aromatic heterocycles. The van der Waals surface area contributed by atoms with Crippen LogP contribution in [0.3, 0.4) is 0 Å². The number of nitrogens with zero attached hydrogens (tertiary/aromatic N) is 3. The normalized spacial score (nSPS) is 23.7. The Morgan fingerprint density at radius 3 is 2.83 bits per heavy atom. The van der Waals surface area contributed by atoms with Crippen molar-refractivity contribution >= 4 is 11.9 Å². The molecule has 1 aromatic carbocycles. The summed E-state index contributed by atoms with van der Waals surface area (Å²) in [6, 6.07) is 2.81. The van der Waals surface area contributed by atoms with E-state index < -0.39 is 35.1 Å². The summed E-state index contributed by atoms with van der Waals surface area (Å²) in [6.45, 7) is -0.134. The highest BCUT2D eigenvalue weighted by Gasteiger charge is 2.52. The highest BCUT2D eigenvalue weighted by atomic mass is 19.1. The summed E-state index contributed by atoms with van der Waals surface area (Å²) in [5, 5.41) is 13.0. The van der Waals surface area contributed by atoms with Crippen LogP contribution in [0.4, 0.5) is 8.78 Å². The van der Waals surface area contributed by atoms with Crippen LogP contribution >= 0.6 is 0 Å². The number of rotatable bonds is 4. The topological polar surface area (TPSA) is 94.3 Å². The fourth-order valence-electron chi connectivity index (χ4n) is 2.69. The molecular weight excluding hydrogens is 312 g/mol. The Hall–Kier alpha value is -2.84. The maximum Gasteiger partial charge on any atom is 0.321 e. The lowest BCUT2D eigenvalue weighted by Crippen LogP contribution is -2.33. The van der Waals surface area contributed by atoms with Crippen molar-refractivity contribution in [2.45, 2.75) is 18.6 Å². The highest BCUT2D eigenvalue weighted by Crippen LogP contribution is 2.42. The summed E-state index contributed by atoms with van der Waals surface area (Å²) in [4.78, 5) is 26.8. The number of esters is 1. The molecular formula is C14H11F2N3O4. The number of aliphatic carboxylic acids is 1. The Balaban J connectivity index is 2.07. The summed E-state index contributed by atoms with van der Waals surface area (Å²) in [6.07, 6.45) is 2.27. The van der Waals surface area contributed by atoms with Crippen molar-refractivity contribution in [1.82, 2.24) is 14.8 Å². The van der Waals surface area contributed by atoms with Gasteiger partial charge in [-0.2, -0.15) is 5.10 Å². The first-order valence-corrected chi connectivity index (χ1v) is 6.65. The predicted molar refractivity (Wildman–Crippen MR) is 69.9 cm³/mol. The van der Waals surface area contributed by atoms with E-state index in [9.17, 15) is 18.4 Å². The summed E-state index contributed by atoms with van der Waals surface area (Å²) < 4.78 is 33.9. The number of hydrogen-bond donors (Lipinski definition) is 1. The molecule has 0 spiro atoms. The van der Waals surface area contributed by atoms with Gasteiger partial charge in [0.05, 0.1) is 6.54 Å². The van der Waals surface area contributed by atoms with Crippen LogP contribution in [0, 0.1) is 17.6 Å². The van der Waals surface area contributed by atoms with Gasteiger partial charge in [-0.3, -0.25) is 9.59 Å². The minimum atomic E-state index is -1.59. The molecule has 7 nitrogen and oxygen atoms in total. The fourth-order valence-corrected chi connectivity index (χ4v) is 2.69. The van der Waals surface area contributed by atoms with E-state index >= 15 is 0 Å². The number of cyclic esters (lactones) is 1. The van der Waals surface area contributed by atoms with Crippen LogP contribution in [0.1, 0.15) is 12.0 Å². The number of carboxylic acids is 1. The predicted octanol–water partition coefficient (Wildman–Crippen LogP) is 1.10. The number of hydrogen-bond acceptors (Lipinski definition) is 5. The van der Waals surface area contributed by atoms with Crippen molar-refractivity contribution in [3.8, 4) is 0 Å². The first-order valence-electron chi connectivity index (χ1n) is 6.65. The van der Waals surface area contributed by atoms with Gasteiger partial charge in [0.1, 0.15) is 24.3 Å². The summed E-state index contributed by atoms with van der Waals surface area (Å²) in [5.74, 6) is -5.48. The third-order valence-corrected chi connectivity index (χ3v) is 3.72. The molecule has 0 aliphatic carbocycles.